The van der Waals surface area contributed by atoms with Crippen LogP contribution in [0.25, 0.3) is 0 Å². The number of anilines is 2. The summed E-state index contributed by atoms with van der Waals surface area (Å²) in [7, 11) is 0. The van der Waals surface area contributed by atoms with Crippen LogP contribution in [0, 0.1) is 12.7 Å². The van der Waals surface area contributed by atoms with Gasteiger partial charge in [0.1, 0.15) is 12.4 Å². The lowest BCUT2D eigenvalue weighted by Gasteiger charge is -2.25. The number of halogens is 1. The molecular formula is C22H24FN3O3. The van der Waals surface area contributed by atoms with Gasteiger partial charge < -0.3 is 15.0 Å². The zero-order valence-electron chi connectivity index (χ0n) is 16.4. The number of rotatable bonds is 4. The SMILES string of the molecule is Cc1ccc(C[C@H]2CCCN2C(=O)Nc2cc(N3CCOC3=O)ccc2F)cc1. The molecule has 4 rings (SSSR count). The zero-order chi connectivity index (χ0) is 20.4. The Bertz CT molecular complexity index is 916. The molecule has 2 saturated heterocycles. The molecule has 2 aromatic rings. The number of nitrogens with one attached hydrogen (secondary N) is 1. The van der Waals surface area contributed by atoms with Crippen molar-refractivity contribution >= 4 is 23.5 Å². The first-order valence-corrected chi connectivity index (χ1v) is 9.88. The number of amides is 3. The van der Waals surface area contributed by atoms with E-state index in [1.807, 2.05) is 6.92 Å². The molecule has 152 valence electrons. The van der Waals surface area contributed by atoms with Gasteiger partial charge in [0.2, 0.25) is 0 Å². The molecule has 0 unspecified atom stereocenters. The van der Waals surface area contributed by atoms with Crippen LogP contribution in [0.5, 0.6) is 0 Å². The van der Waals surface area contributed by atoms with Crippen molar-refractivity contribution in [3.05, 3.63) is 59.4 Å². The minimum Gasteiger partial charge on any atom is -0.447 e. The van der Waals surface area contributed by atoms with Gasteiger partial charge >= 0.3 is 12.1 Å². The van der Waals surface area contributed by atoms with Crippen LogP contribution in [0.1, 0.15) is 24.0 Å². The quantitative estimate of drug-likeness (QED) is 0.835. The second kappa shape index (κ2) is 8.11. The van der Waals surface area contributed by atoms with E-state index in [9.17, 15) is 14.0 Å². The largest absolute Gasteiger partial charge is 0.447 e. The van der Waals surface area contributed by atoms with E-state index < -0.39 is 11.9 Å². The van der Waals surface area contributed by atoms with E-state index in [0.717, 1.165) is 19.3 Å². The molecule has 0 spiro atoms. The smallest absolute Gasteiger partial charge is 0.414 e. The molecule has 0 bridgehead atoms. The number of hydrogen-bond donors (Lipinski definition) is 1. The molecule has 29 heavy (non-hydrogen) atoms. The normalized spacial score (nSPS) is 18.8. The van der Waals surface area contributed by atoms with Crippen LogP contribution < -0.4 is 10.2 Å². The molecule has 3 amide bonds. The summed E-state index contributed by atoms with van der Waals surface area (Å²) in [4.78, 5) is 27.8. The fourth-order valence-electron chi connectivity index (χ4n) is 3.90. The summed E-state index contributed by atoms with van der Waals surface area (Å²) >= 11 is 0. The maximum Gasteiger partial charge on any atom is 0.414 e. The third-order valence-corrected chi connectivity index (χ3v) is 5.49. The lowest BCUT2D eigenvalue weighted by Crippen LogP contribution is -2.40. The van der Waals surface area contributed by atoms with Crippen molar-refractivity contribution < 1.29 is 18.7 Å². The van der Waals surface area contributed by atoms with Gasteiger partial charge in [-0.25, -0.2) is 14.0 Å². The maximum atomic E-state index is 14.3. The summed E-state index contributed by atoms with van der Waals surface area (Å²) in [5.74, 6) is -0.538. The number of hydrogen-bond acceptors (Lipinski definition) is 3. The lowest BCUT2D eigenvalue weighted by molar-refractivity contribution is 0.181. The van der Waals surface area contributed by atoms with Crippen molar-refractivity contribution in [3.8, 4) is 0 Å². The van der Waals surface area contributed by atoms with E-state index in [1.165, 1.54) is 34.2 Å². The minimum absolute atomic E-state index is 0.0631. The van der Waals surface area contributed by atoms with Crippen molar-refractivity contribution in [1.29, 1.82) is 0 Å². The molecule has 2 aromatic carbocycles. The molecule has 2 heterocycles. The van der Waals surface area contributed by atoms with Gasteiger partial charge in [0, 0.05) is 18.3 Å². The highest BCUT2D eigenvalue weighted by Gasteiger charge is 2.30. The molecule has 2 fully saturated rings. The lowest BCUT2D eigenvalue weighted by atomic mass is 10.0. The fourth-order valence-corrected chi connectivity index (χ4v) is 3.90. The van der Waals surface area contributed by atoms with E-state index in [2.05, 4.69) is 29.6 Å². The minimum atomic E-state index is -0.538. The molecule has 2 aliphatic heterocycles. The van der Waals surface area contributed by atoms with Crippen molar-refractivity contribution in [2.24, 2.45) is 0 Å². The monoisotopic (exact) mass is 397 g/mol. The van der Waals surface area contributed by atoms with Crippen LogP contribution in [0.15, 0.2) is 42.5 Å². The summed E-state index contributed by atoms with van der Waals surface area (Å²) in [6.45, 7) is 3.39. The van der Waals surface area contributed by atoms with Gasteiger partial charge in [-0.1, -0.05) is 29.8 Å². The van der Waals surface area contributed by atoms with Gasteiger partial charge in [0.25, 0.3) is 0 Å². The second-order valence-electron chi connectivity index (χ2n) is 7.54. The molecule has 1 N–H and O–H groups in total. The highest BCUT2D eigenvalue weighted by Crippen LogP contribution is 2.27. The topological polar surface area (TPSA) is 61.9 Å². The summed E-state index contributed by atoms with van der Waals surface area (Å²) < 4.78 is 19.2. The number of urea groups is 1. The number of benzene rings is 2. The Kier molecular flexibility index (Phi) is 5.38. The zero-order valence-corrected chi connectivity index (χ0v) is 16.4. The molecule has 0 aliphatic carbocycles. The predicted octanol–water partition coefficient (Wildman–Crippen LogP) is 4.33. The maximum absolute atomic E-state index is 14.3. The molecular weight excluding hydrogens is 373 g/mol. The first-order valence-electron chi connectivity index (χ1n) is 9.88. The Morgan fingerprint density at radius 1 is 1.21 bits per heavy atom. The Hall–Kier alpha value is -3.09. The van der Waals surface area contributed by atoms with Crippen molar-refractivity contribution in [1.82, 2.24) is 4.90 Å². The highest BCUT2D eigenvalue weighted by atomic mass is 19.1. The average molecular weight is 397 g/mol. The molecule has 7 heteroatoms. The van der Waals surface area contributed by atoms with E-state index in [0.29, 0.717) is 25.4 Å². The number of carbonyl (C=O) groups is 2. The number of carbonyl (C=O) groups excluding carboxylic acids is 2. The van der Waals surface area contributed by atoms with Gasteiger partial charge in [-0.2, -0.15) is 0 Å². The van der Waals surface area contributed by atoms with Gasteiger partial charge in [0.15, 0.2) is 0 Å². The molecule has 2 aliphatic rings. The Morgan fingerprint density at radius 2 is 2.00 bits per heavy atom. The van der Waals surface area contributed by atoms with E-state index >= 15 is 0 Å². The number of nitrogens with zero attached hydrogens (tertiary/aromatic N) is 2. The van der Waals surface area contributed by atoms with Crippen LogP contribution in [0.2, 0.25) is 0 Å². The third-order valence-electron chi connectivity index (χ3n) is 5.49. The van der Waals surface area contributed by atoms with Crippen molar-refractivity contribution in [2.75, 3.05) is 29.9 Å². The number of aryl methyl sites for hydroxylation is 1. The van der Waals surface area contributed by atoms with Crippen LogP contribution >= 0.6 is 0 Å². The van der Waals surface area contributed by atoms with Crippen molar-refractivity contribution in [2.45, 2.75) is 32.2 Å². The standard InChI is InChI=1S/C22H24FN3O3/c1-15-4-6-16(7-5-15)13-17-3-2-10-25(17)21(27)24-20-14-18(8-9-19(20)23)26-11-12-29-22(26)28/h4-9,14,17H,2-3,10-13H2,1H3,(H,24,27)/t17-/m1/s1. The van der Waals surface area contributed by atoms with Crippen LogP contribution in [0.3, 0.4) is 0 Å². The highest BCUT2D eigenvalue weighted by molar-refractivity contribution is 5.93. The van der Waals surface area contributed by atoms with E-state index in [4.69, 9.17) is 4.74 Å². The van der Waals surface area contributed by atoms with Crippen molar-refractivity contribution in [3.63, 3.8) is 0 Å². The summed E-state index contributed by atoms with van der Waals surface area (Å²) in [6, 6.07) is 12.3. The Morgan fingerprint density at radius 3 is 2.72 bits per heavy atom. The Labute approximate surface area is 169 Å². The summed E-state index contributed by atoms with van der Waals surface area (Å²) in [5.41, 5.74) is 2.95. The summed E-state index contributed by atoms with van der Waals surface area (Å²) in [5, 5.41) is 2.69. The van der Waals surface area contributed by atoms with E-state index in [-0.39, 0.29) is 17.8 Å². The van der Waals surface area contributed by atoms with Gasteiger partial charge in [-0.15, -0.1) is 0 Å². The molecule has 1 atom stereocenters. The van der Waals surface area contributed by atoms with Crippen LogP contribution in [0.4, 0.5) is 25.4 Å². The van der Waals surface area contributed by atoms with Gasteiger partial charge in [-0.05, 0) is 49.9 Å². The molecule has 6 nitrogen and oxygen atoms in total. The summed E-state index contributed by atoms with van der Waals surface area (Å²) in [6.07, 6.45) is 2.15. The van der Waals surface area contributed by atoms with Crippen LogP contribution in [-0.2, 0) is 11.2 Å². The first-order chi connectivity index (χ1) is 14.0. The number of ether oxygens (including phenoxy) is 1. The number of likely N-dealkylation sites (tertiary alicyclic amines) is 1. The van der Waals surface area contributed by atoms with Crippen LogP contribution in [-0.4, -0.2) is 42.8 Å². The van der Waals surface area contributed by atoms with E-state index in [1.54, 1.807) is 4.90 Å². The van der Waals surface area contributed by atoms with Gasteiger partial charge in [-0.3, -0.25) is 4.90 Å². The molecule has 0 aromatic heterocycles. The second-order valence-corrected chi connectivity index (χ2v) is 7.54. The fraction of sp³-hybridized carbons (Fsp3) is 0.364. The van der Waals surface area contributed by atoms with Gasteiger partial charge in [0.05, 0.1) is 12.2 Å². The first kappa shape index (κ1) is 19.2. The average Bonchev–Trinajstić information content (AvgIpc) is 3.34. The predicted molar refractivity (Wildman–Crippen MR) is 109 cm³/mol. The molecule has 0 saturated carbocycles. The Balaban J connectivity index is 1.46. The molecule has 0 radical (unpaired) electrons. The number of cyclic esters (lactones) is 1. The third kappa shape index (κ3) is 4.18.